The van der Waals surface area contributed by atoms with E-state index in [4.69, 9.17) is 25.8 Å². The number of methoxy groups -OCH3 is 1. The van der Waals surface area contributed by atoms with E-state index in [0.717, 1.165) is 21.2 Å². The predicted molar refractivity (Wildman–Crippen MR) is 168 cm³/mol. The molecule has 1 aromatic heterocycles. The highest BCUT2D eigenvalue weighted by Crippen LogP contribution is 2.36. The first-order valence-corrected chi connectivity index (χ1v) is 15.2. The Balaban J connectivity index is 1.67. The van der Waals surface area contributed by atoms with E-state index in [-0.39, 0.29) is 18.8 Å². The zero-order valence-electron chi connectivity index (χ0n) is 23.4. The van der Waals surface area contributed by atoms with Gasteiger partial charge in [0, 0.05) is 20.6 Å². The van der Waals surface area contributed by atoms with Gasteiger partial charge in [0.15, 0.2) is 16.3 Å². The van der Waals surface area contributed by atoms with Crippen LogP contribution in [0.25, 0.3) is 6.08 Å². The number of fused-ring (bicyclic) bond motifs is 1. The van der Waals surface area contributed by atoms with E-state index in [2.05, 4.69) is 20.9 Å². The van der Waals surface area contributed by atoms with Crippen LogP contribution in [0.4, 0.5) is 0 Å². The van der Waals surface area contributed by atoms with E-state index >= 15 is 0 Å². The van der Waals surface area contributed by atoms with Crippen LogP contribution in [0.2, 0.25) is 5.02 Å². The minimum atomic E-state index is -0.684. The molecule has 1 aliphatic heterocycles. The van der Waals surface area contributed by atoms with Crippen molar-refractivity contribution >= 4 is 50.9 Å². The molecule has 1 aliphatic rings. The Hall–Kier alpha value is -3.66. The summed E-state index contributed by atoms with van der Waals surface area (Å²) in [5, 5.41) is 0.590. The molecule has 1 atom stereocenters. The Morgan fingerprint density at radius 3 is 2.57 bits per heavy atom. The van der Waals surface area contributed by atoms with Crippen molar-refractivity contribution in [3.05, 3.63) is 123 Å². The normalized spacial score (nSPS) is 14.8. The van der Waals surface area contributed by atoms with Crippen molar-refractivity contribution < 1.29 is 19.0 Å². The Morgan fingerprint density at radius 2 is 1.88 bits per heavy atom. The average molecular weight is 668 g/mol. The van der Waals surface area contributed by atoms with Gasteiger partial charge in [-0.2, -0.15) is 0 Å². The lowest BCUT2D eigenvalue weighted by molar-refractivity contribution is -0.139. The van der Waals surface area contributed by atoms with Gasteiger partial charge in [-0.3, -0.25) is 9.36 Å². The van der Waals surface area contributed by atoms with Gasteiger partial charge in [-0.05, 0) is 50.6 Å². The van der Waals surface area contributed by atoms with Crippen LogP contribution in [0.15, 0.2) is 86.2 Å². The minimum Gasteiger partial charge on any atom is -0.493 e. The maximum absolute atomic E-state index is 14.1. The zero-order valence-corrected chi connectivity index (χ0v) is 26.6. The molecule has 0 amide bonds. The molecule has 0 bridgehead atoms. The van der Waals surface area contributed by atoms with E-state index in [1.54, 1.807) is 43.7 Å². The molecule has 216 valence electrons. The number of aromatic nitrogens is 1. The van der Waals surface area contributed by atoms with E-state index in [0.29, 0.717) is 42.7 Å². The highest BCUT2D eigenvalue weighted by Gasteiger charge is 2.33. The molecular formula is C32H28BrClN2O5S. The number of nitrogens with zero attached hydrogens (tertiary/aromatic N) is 2. The summed E-state index contributed by atoms with van der Waals surface area (Å²) in [4.78, 5) is 32.4. The van der Waals surface area contributed by atoms with Crippen LogP contribution in [0.1, 0.15) is 42.1 Å². The molecule has 0 saturated heterocycles. The number of esters is 1. The third kappa shape index (κ3) is 5.95. The predicted octanol–water partition coefficient (Wildman–Crippen LogP) is 6.11. The molecule has 2 heterocycles. The summed E-state index contributed by atoms with van der Waals surface area (Å²) >= 11 is 11.1. The Kier molecular flexibility index (Phi) is 9.01. The number of carbonyl (C=O) groups excluding carboxylic acids is 1. The summed E-state index contributed by atoms with van der Waals surface area (Å²) in [6.45, 7) is 5.92. The number of rotatable bonds is 8. The molecule has 42 heavy (non-hydrogen) atoms. The Morgan fingerprint density at radius 1 is 1.14 bits per heavy atom. The molecule has 0 unspecified atom stereocenters. The number of hydrogen-bond donors (Lipinski definition) is 0. The fourth-order valence-corrected chi connectivity index (χ4v) is 6.45. The fourth-order valence-electron chi connectivity index (χ4n) is 4.76. The third-order valence-corrected chi connectivity index (χ3v) is 8.60. The molecular weight excluding hydrogens is 640 g/mol. The van der Waals surface area contributed by atoms with Crippen LogP contribution in [0.5, 0.6) is 11.5 Å². The van der Waals surface area contributed by atoms with Gasteiger partial charge >= 0.3 is 5.97 Å². The van der Waals surface area contributed by atoms with Crippen LogP contribution in [0.3, 0.4) is 0 Å². The van der Waals surface area contributed by atoms with Crippen molar-refractivity contribution in [1.29, 1.82) is 0 Å². The van der Waals surface area contributed by atoms with Crippen LogP contribution < -0.4 is 24.4 Å². The largest absolute Gasteiger partial charge is 0.493 e. The molecule has 0 saturated carbocycles. The second-order valence-corrected chi connectivity index (χ2v) is 12.0. The van der Waals surface area contributed by atoms with Gasteiger partial charge < -0.3 is 14.2 Å². The summed E-state index contributed by atoms with van der Waals surface area (Å²) in [7, 11) is 1.56. The first kappa shape index (κ1) is 29.8. The smallest absolute Gasteiger partial charge is 0.338 e. The summed E-state index contributed by atoms with van der Waals surface area (Å²) < 4.78 is 20.0. The Labute approximate surface area is 260 Å². The lowest BCUT2D eigenvalue weighted by Crippen LogP contribution is -2.39. The van der Waals surface area contributed by atoms with E-state index < -0.39 is 12.0 Å². The number of hydrogen-bond acceptors (Lipinski definition) is 7. The molecule has 4 aromatic rings. The number of benzene rings is 3. The lowest BCUT2D eigenvalue weighted by Gasteiger charge is -2.24. The third-order valence-electron chi connectivity index (χ3n) is 6.79. The highest BCUT2D eigenvalue weighted by atomic mass is 79.9. The molecule has 3 aromatic carbocycles. The van der Waals surface area contributed by atoms with Crippen LogP contribution in [-0.2, 0) is 16.1 Å². The first-order chi connectivity index (χ1) is 20.2. The molecule has 10 heteroatoms. The van der Waals surface area contributed by atoms with Crippen molar-refractivity contribution in [1.82, 2.24) is 4.57 Å². The van der Waals surface area contributed by atoms with Crippen LogP contribution in [-0.4, -0.2) is 24.3 Å². The maximum Gasteiger partial charge on any atom is 0.338 e. The van der Waals surface area contributed by atoms with E-state index in [1.807, 2.05) is 55.5 Å². The lowest BCUT2D eigenvalue weighted by atomic mass is 9.95. The highest BCUT2D eigenvalue weighted by molar-refractivity contribution is 9.10. The molecule has 5 rings (SSSR count). The quantitative estimate of drug-likeness (QED) is 0.212. The molecule has 7 nitrogen and oxygen atoms in total. The maximum atomic E-state index is 14.1. The second kappa shape index (κ2) is 12.7. The second-order valence-electron chi connectivity index (χ2n) is 9.62. The van der Waals surface area contributed by atoms with Gasteiger partial charge in [0.1, 0.15) is 6.61 Å². The zero-order chi connectivity index (χ0) is 30.0. The molecule has 0 spiro atoms. The summed E-state index contributed by atoms with van der Waals surface area (Å²) in [5.74, 6) is 0.462. The average Bonchev–Trinajstić information content (AvgIpc) is 3.26. The summed E-state index contributed by atoms with van der Waals surface area (Å²) in [6.07, 6.45) is 1.76. The molecule has 0 fully saturated rings. The monoisotopic (exact) mass is 666 g/mol. The van der Waals surface area contributed by atoms with Crippen LogP contribution in [0, 0.1) is 6.92 Å². The van der Waals surface area contributed by atoms with Crippen LogP contribution >= 0.6 is 38.9 Å². The van der Waals surface area contributed by atoms with Crippen molar-refractivity contribution in [3.8, 4) is 11.5 Å². The number of aryl methyl sites for hydroxylation is 1. The first-order valence-electron chi connectivity index (χ1n) is 13.2. The minimum absolute atomic E-state index is 0.204. The SMILES string of the molecule is CCOC(=O)C1=C(C)N=c2s/c(=C\c3cc(Br)cc(OC)c3OCc3ccccc3Cl)c(=O)n2[C@H]1c1ccc(C)cc1. The number of carbonyl (C=O) groups is 1. The van der Waals surface area contributed by atoms with Gasteiger partial charge in [-0.1, -0.05) is 86.9 Å². The number of allylic oxidation sites excluding steroid dienone is 1. The topological polar surface area (TPSA) is 79.1 Å². The number of ether oxygens (including phenoxy) is 3. The van der Waals surface area contributed by atoms with E-state index in [9.17, 15) is 9.59 Å². The van der Waals surface area contributed by atoms with Crippen molar-refractivity contribution in [2.45, 2.75) is 33.4 Å². The molecule has 0 aliphatic carbocycles. The van der Waals surface area contributed by atoms with Crippen molar-refractivity contribution in [2.24, 2.45) is 4.99 Å². The van der Waals surface area contributed by atoms with Gasteiger partial charge in [-0.15, -0.1) is 0 Å². The van der Waals surface area contributed by atoms with Crippen molar-refractivity contribution in [3.63, 3.8) is 0 Å². The van der Waals surface area contributed by atoms with Gasteiger partial charge in [0.05, 0.1) is 35.6 Å². The summed E-state index contributed by atoms with van der Waals surface area (Å²) in [6, 6.07) is 18.2. The van der Waals surface area contributed by atoms with Crippen molar-refractivity contribution in [2.75, 3.05) is 13.7 Å². The molecule has 0 N–H and O–H groups in total. The molecule has 0 radical (unpaired) electrons. The Bertz CT molecular complexity index is 1880. The summed E-state index contributed by atoms with van der Waals surface area (Å²) in [5.41, 5.74) is 3.87. The standard InChI is InChI=1S/C32H28BrClN2O5S/c1-5-40-31(38)27-19(3)35-32-36(28(27)20-12-10-18(2)11-13-20)30(37)26(42-32)15-22-14-23(33)16-25(39-4)29(22)41-17-21-8-6-7-9-24(21)34/h6-16,28H,5,17H2,1-4H3/b26-15-/t28-/m0/s1. The van der Waals surface area contributed by atoms with Gasteiger partial charge in [0.25, 0.3) is 5.56 Å². The van der Waals surface area contributed by atoms with E-state index in [1.165, 1.54) is 11.3 Å². The fraction of sp³-hybridized carbons (Fsp3) is 0.219. The van der Waals surface area contributed by atoms with Gasteiger partial charge in [-0.25, -0.2) is 9.79 Å². The number of thiazole rings is 1. The number of halogens is 2. The van der Waals surface area contributed by atoms with Gasteiger partial charge in [0.2, 0.25) is 0 Å².